The number of nitrogens with zero attached hydrogens (tertiary/aromatic N) is 1. The van der Waals surface area contributed by atoms with Gasteiger partial charge in [0.25, 0.3) is 0 Å². The Hall–Kier alpha value is -2.43. The number of thioether (sulfide) groups is 1. The van der Waals surface area contributed by atoms with Crippen LogP contribution in [0.3, 0.4) is 0 Å². The van der Waals surface area contributed by atoms with Gasteiger partial charge in [0.2, 0.25) is 11.8 Å². The Morgan fingerprint density at radius 2 is 1.86 bits per heavy atom. The number of hydrogen-bond donors (Lipinski definition) is 3. The average molecular weight is 463 g/mol. The number of rotatable bonds is 6. The van der Waals surface area contributed by atoms with Crippen molar-refractivity contribution in [1.29, 1.82) is 0 Å². The summed E-state index contributed by atoms with van der Waals surface area (Å²) >= 11 is 13.0. The predicted molar refractivity (Wildman–Crippen MR) is 105 cm³/mol. The lowest BCUT2D eigenvalue weighted by atomic mass is 10.2. The fourth-order valence-corrected chi connectivity index (χ4v) is 3.51. The number of carbonyl (C=O) groups is 2. The summed E-state index contributed by atoms with van der Waals surface area (Å²) in [7, 11) is 0. The zero-order chi connectivity index (χ0) is 21.1. The highest BCUT2D eigenvalue weighted by Gasteiger charge is 2.16. The smallest absolute Gasteiger partial charge is 0.243 e. The molecule has 152 valence electrons. The molecule has 0 radical (unpaired) electrons. The highest BCUT2D eigenvalue weighted by molar-refractivity contribution is 7.99. The third kappa shape index (κ3) is 5.14. The lowest BCUT2D eigenvalue weighted by Crippen LogP contribution is -2.34. The van der Waals surface area contributed by atoms with E-state index in [4.69, 9.17) is 23.2 Å². The standard InChI is InChI=1S/C17H11Cl2F3N4O2S/c18-7-3-8(19)16-11(4-7)25-17(26-16)29-6-13(28)23-5-12(27)24-10-2-1-9(20)14(21)15(10)22/h1-4H,5-6H2,(H,23,28)(H,24,27)(H,25,26). The Kier molecular flexibility index (Phi) is 6.56. The molecule has 2 amide bonds. The van der Waals surface area contributed by atoms with Gasteiger partial charge in [-0.25, -0.2) is 18.2 Å². The van der Waals surface area contributed by atoms with Crippen LogP contribution in [0.4, 0.5) is 18.9 Å². The summed E-state index contributed by atoms with van der Waals surface area (Å²) in [6.45, 7) is -0.487. The molecule has 0 saturated carbocycles. The second-order valence-electron chi connectivity index (χ2n) is 5.66. The van der Waals surface area contributed by atoms with Gasteiger partial charge in [-0.1, -0.05) is 35.0 Å². The number of imidazole rings is 1. The summed E-state index contributed by atoms with van der Waals surface area (Å²) < 4.78 is 39.5. The van der Waals surface area contributed by atoms with E-state index in [1.54, 1.807) is 12.1 Å². The number of H-pyrrole nitrogens is 1. The van der Waals surface area contributed by atoms with Crippen molar-refractivity contribution in [3.63, 3.8) is 0 Å². The summed E-state index contributed by atoms with van der Waals surface area (Å²) in [5.41, 5.74) is 0.584. The maximum atomic E-state index is 13.5. The van der Waals surface area contributed by atoms with E-state index in [2.05, 4.69) is 15.3 Å². The van der Waals surface area contributed by atoms with Crippen LogP contribution in [0, 0.1) is 17.5 Å². The van der Waals surface area contributed by atoms with Crippen molar-refractivity contribution in [3.05, 3.63) is 51.8 Å². The summed E-state index contributed by atoms with van der Waals surface area (Å²) in [5, 5.41) is 5.59. The van der Waals surface area contributed by atoms with Crippen LogP contribution < -0.4 is 10.6 Å². The molecule has 0 aliphatic carbocycles. The zero-order valence-electron chi connectivity index (χ0n) is 14.3. The van der Waals surface area contributed by atoms with Gasteiger partial charge in [-0.15, -0.1) is 0 Å². The number of hydrogen-bond acceptors (Lipinski definition) is 4. The molecule has 0 aliphatic heterocycles. The molecule has 0 aliphatic rings. The van der Waals surface area contributed by atoms with Crippen molar-refractivity contribution in [3.8, 4) is 0 Å². The molecule has 3 rings (SSSR count). The molecule has 12 heteroatoms. The van der Waals surface area contributed by atoms with Gasteiger partial charge in [0.05, 0.1) is 28.5 Å². The van der Waals surface area contributed by atoms with Crippen molar-refractivity contribution in [1.82, 2.24) is 15.3 Å². The zero-order valence-corrected chi connectivity index (χ0v) is 16.6. The van der Waals surface area contributed by atoms with Crippen molar-refractivity contribution in [2.24, 2.45) is 0 Å². The van der Waals surface area contributed by atoms with Crippen LogP contribution in [0.15, 0.2) is 29.4 Å². The second-order valence-corrected chi connectivity index (χ2v) is 7.47. The molecule has 0 spiro atoms. The quantitative estimate of drug-likeness (QED) is 0.379. The minimum atomic E-state index is -1.70. The molecule has 29 heavy (non-hydrogen) atoms. The van der Waals surface area contributed by atoms with Crippen LogP contribution in [0.5, 0.6) is 0 Å². The topological polar surface area (TPSA) is 86.9 Å². The molecule has 0 saturated heterocycles. The number of aromatic nitrogens is 2. The number of aromatic amines is 1. The SMILES string of the molecule is O=C(CSc1nc2c(Cl)cc(Cl)cc2[nH]1)NCC(=O)Nc1ccc(F)c(F)c1F. The highest BCUT2D eigenvalue weighted by Crippen LogP contribution is 2.28. The van der Waals surface area contributed by atoms with E-state index < -0.39 is 41.5 Å². The molecule has 3 aromatic rings. The summed E-state index contributed by atoms with van der Waals surface area (Å²) in [4.78, 5) is 30.9. The van der Waals surface area contributed by atoms with E-state index >= 15 is 0 Å². The van der Waals surface area contributed by atoms with E-state index in [0.717, 1.165) is 17.8 Å². The van der Waals surface area contributed by atoms with Crippen LogP contribution in [0.25, 0.3) is 11.0 Å². The number of benzene rings is 2. The van der Waals surface area contributed by atoms with E-state index in [-0.39, 0.29) is 5.75 Å². The van der Waals surface area contributed by atoms with Crippen LogP contribution in [-0.4, -0.2) is 34.1 Å². The largest absolute Gasteiger partial charge is 0.346 e. The number of fused-ring (bicyclic) bond motifs is 1. The van der Waals surface area contributed by atoms with Gasteiger partial charge in [0.1, 0.15) is 5.52 Å². The van der Waals surface area contributed by atoms with Crippen molar-refractivity contribution < 1.29 is 22.8 Å². The number of anilines is 1. The van der Waals surface area contributed by atoms with Gasteiger partial charge in [-0.05, 0) is 24.3 Å². The van der Waals surface area contributed by atoms with Crippen molar-refractivity contribution in [2.75, 3.05) is 17.6 Å². The van der Waals surface area contributed by atoms with E-state index in [1.165, 1.54) is 0 Å². The Labute approximate surface area is 176 Å². The number of amides is 2. The van der Waals surface area contributed by atoms with E-state index in [0.29, 0.717) is 32.3 Å². The van der Waals surface area contributed by atoms with Gasteiger partial charge in [0.15, 0.2) is 22.6 Å². The van der Waals surface area contributed by atoms with E-state index in [1.807, 2.05) is 5.32 Å². The Balaban J connectivity index is 1.50. The summed E-state index contributed by atoms with van der Waals surface area (Å²) in [5.74, 6) is -5.98. The minimum Gasteiger partial charge on any atom is -0.346 e. The fraction of sp³-hybridized carbons (Fsp3) is 0.118. The van der Waals surface area contributed by atoms with Crippen molar-refractivity contribution in [2.45, 2.75) is 5.16 Å². The molecule has 0 bridgehead atoms. The molecule has 2 aromatic carbocycles. The Morgan fingerprint density at radius 1 is 1.10 bits per heavy atom. The first kappa shape index (κ1) is 21.3. The fourth-order valence-electron chi connectivity index (χ4n) is 2.27. The molecular formula is C17H11Cl2F3N4O2S. The molecular weight excluding hydrogens is 452 g/mol. The third-order valence-electron chi connectivity index (χ3n) is 3.58. The molecule has 3 N–H and O–H groups in total. The third-order valence-corrected chi connectivity index (χ3v) is 4.96. The molecule has 0 unspecified atom stereocenters. The van der Waals surface area contributed by atoms with Crippen LogP contribution in [0.2, 0.25) is 10.0 Å². The second kappa shape index (κ2) is 8.93. The van der Waals surface area contributed by atoms with Crippen LogP contribution >= 0.6 is 35.0 Å². The normalized spacial score (nSPS) is 10.9. The van der Waals surface area contributed by atoms with Crippen LogP contribution in [0.1, 0.15) is 0 Å². The first-order chi connectivity index (χ1) is 13.7. The molecule has 1 aromatic heterocycles. The van der Waals surface area contributed by atoms with Crippen molar-refractivity contribution >= 4 is 63.5 Å². The first-order valence-corrected chi connectivity index (χ1v) is 9.66. The summed E-state index contributed by atoms with van der Waals surface area (Å²) in [6.07, 6.45) is 0. The highest BCUT2D eigenvalue weighted by atomic mass is 35.5. The number of nitrogens with one attached hydrogen (secondary N) is 3. The Bertz CT molecular complexity index is 1110. The number of carbonyl (C=O) groups excluding carboxylic acids is 2. The van der Waals surface area contributed by atoms with Gasteiger partial charge in [0, 0.05) is 5.02 Å². The first-order valence-electron chi connectivity index (χ1n) is 7.92. The molecule has 6 nitrogen and oxygen atoms in total. The molecule has 0 atom stereocenters. The predicted octanol–water partition coefficient (Wildman–Crippen LogP) is 4.13. The minimum absolute atomic E-state index is 0.0714. The Morgan fingerprint density at radius 3 is 2.62 bits per heavy atom. The van der Waals surface area contributed by atoms with Gasteiger partial charge in [-0.3, -0.25) is 9.59 Å². The summed E-state index contributed by atoms with van der Waals surface area (Å²) in [6, 6.07) is 4.74. The molecule has 0 fully saturated rings. The average Bonchev–Trinajstić information content (AvgIpc) is 3.08. The maximum absolute atomic E-state index is 13.5. The van der Waals surface area contributed by atoms with E-state index in [9.17, 15) is 22.8 Å². The molecule has 1 heterocycles. The van der Waals surface area contributed by atoms with Crippen LogP contribution in [-0.2, 0) is 9.59 Å². The van der Waals surface area contributed by atoms with Gasteiger partial charge >= 0.3 is 0 Å². The lowest BCUT2D eigenvalue weighted by molar-refractivity contribution is -0.122. The maximum Gasteiger partial charge on any atom is 0.243 e. The monoisotopic (exact) mass is 462 g/mol. The van der Waals surface area contributed by atoms with Gasteiger partial charge < -0.3 is 15.6 Å². The van der Waals surface area contributed by atoms with Gasteiger partial charge in [-0.2, -0.15) is 0 Å². The lowest BCUT2D eigenvalue weighted by Gasteiger charge is -2.08. The number of halogens is 5.